The van der Waals surface area contributed by atoms with Crippen LogP contribution in [0.3, 0.4) is 0 Å². The van der Waals surface area contributed by atoms with E-state index >= 15 is 0 Å². The average molecular weight is 319 g/mol. The van der Waals surface area contributed by atoms with E-state index < -0.39 is 0 Å². The van der Waals surface area contributed by atoms with Crippen LogP contribution in [0.4, 0.5) is 5.69 Å². The molecule has 0 bridgehead atoms. The van der Waals surface area contributed by atoms with Crippen molar-refractivity contribution < 1.29 is 14.3 Å². The summed E-state index contributed by atoms with van der Waals surface area (Å²) in [4.78, 5) is 25.5. The van der Waals surface area contributed by atoms with E-state index in [-0.39, 0.29) is 18.4 Å². The molecule has 1 aliphatic carbocycles. The number of anilines is 1. The van der Waals surface area contributed by atoms with Crippen molar-refractivity contribution in [1.82, 2.24) is 10.2 Å². The van der Waals surface area contributed by atoms with Gasteiger partial charge in [0.25, 0.3) is 5.91 Å². The van der Waals surface area contributed by atoms with Crippen LogP contribution in [0.15, 0.2) is 18.2 Å². The van der Waals surface area contributed by atoms with E-state index in [1.807, 2.05) is 6.92 Å². The van der Waals surface area contributed by atoms with E-state index in [1.54, 1.807) is 32.3 Å². The number of nitrogens with zero attached hydrogens (tertiary/aromatic N) is 1. The highest BCUT2D eigenvalue weighted by Gasteiger charge is 2.20. The van der Waals surface area contributed by atoms with Crippen LogP contribution >= 0.6 is 0 Å². The lowest BCUT2D eigenvalue weighted by Gasteiger charge is -2.15. The van der Waals surface area contributed by atoms with Gasteiger partial charge in [0.05, 0.1) is 18.8 Å². The minimum absolute atomic E-state index is 0.102. The Bertz CT molecular complexity index is 568. The zero-order chi connectivity index (χ0) is 16.8. The number of ether oxygens (including phenoxy) is 1. The van der Waals surface area contributed by atoms with E-state index in [4.69, 9.17) is 4.74 Å². The summed E-state index contributed by atoms with van der Waals surface area (Å²) in [5.41, 5.74) is 1.11. The van der Waals surface area contributed by atoms with Gasteiger partial charge in [-0.1, -0.05) is 0 Å². The quantitative estimate of drug-likeness (QED) is 0.765. The topological polar surface area (TPSA) is 70.7 Å². The van der Waals surface area contributed by atoms with Crippen molar-refractivity contribution in [2.45, 2.75) is 19.8 Å². The van der Waals surface area contributed by atoms with Crippen molar-refractivity contribution in [3.63, 3.8) is 0 Å². The van der Waals surface area contributed by atoms with Crippen LogP contribution in [0, 0.1) is 5.92 Å². The lowest BCUT2D eigenvalue weighted by atomic mass is 10.1. The summed E-state index contributed by atoms with van der Waals surface area (Å²) in [6.07, 6.45) is 2.51. The molecule has 0 aliphatic heterocycles. The molecule has 0 radical (unpaired) electrons. The molecule has 2 rings (SSSR count). The third-order valence-corrected chi connectivity index (χ3v) is 3.62. The Balaban J connectivity index is 2.00. The van der Waals surface area contributed by atoms with E-state index in [9.17, 15) is 9.59 Å². The number of rotatable bonds is 8. The minimum atomic E-state index is -0.113. The second-order valence-corrected chi connectivity index (χ2v) is 5.97. The maximum absolute atomic E-state index is 12.0. The molecule has 23 heavy (non-hydrogen) atoms. The molecule has 1 fully saturated rings. The van der Waals surface area contributed by atoms with Gasteiger partial charge in [-0.2, -0.15) is 0 Å². The molecular formula is C17H25N3O3. The molecule has 126 valence electrons. The Morgan fingerprint density at radius 3 is 2.65 bits per heavy atom. The molecule has 0 aromatic heterocycles. The molecule has 0 atom stereocenters. The molecule has 0 heterocycles. The largest absolute Gasteiger partial charge is 0.492 e. The summed E-state index contributed by atoms with van der Waals surface area (Å²) >= 11 is 0. The Morgan fingerprint density at radius 1 is 1.30 bits per heavy atom. The van der Waals surface area contributed by atoms with Gasteiger partial charge in [-0.25, -0.2) is 0 Å². The molecule has 2 amide bonds. The third kappa shape index (κ3) is 5.25. The van der Waals surface area contributed by atoms with Crippen LogP contribution in [0.2, 0.25) is 0 Å². The Morgan fingerprint density at radius 2 is 2.04 bits per heavy atom. The fourth-order valence-electron chi connectivity index (χ4n) is 2.20. The van der Waals surface area contributed by atoms with Crippen molar-refractivity contribution >= 4 is 17.5 Å². The summed E-state index contributed by atoms with van der Waals surface area (Å²) in [5, 5.41) is 5.98. The highest BCUT2D eigenvalue weighted by molar-refractivity contribution is 5.97. The van der Waals surface area contributed by atoms with Crippen LogP contribution in [0.25, 0.3) is 0 Å². The Hall–Kier alpha value is -2.08. The number of hydrogen-bond donors (Lipinski definition) is 2. The van der Waals surface area contributed by atoms with E-state index in [0.717, 1.165) is 12.5 Å². The SMILES string of the molecule is CCOc1cc(C(=O)N(C)C)ccc1NC(=O)CNCC1CC1. The van der Waals surface area contributed by atoms with Gasteiger partial charge in [-0.05, 0) is 50.4 Å². The molecule has 0 saturated heterocycles. The average Bonchev–Trinajstić information content (AvgIpc) is 3.32. The van der Waals surface area contributed by atoms with E-state index in [1.165, 1.54) is 17.7 Å². The van der Waals surface area contributed by atoms with Crippen molar-refractivity contribution in [1.29, 1.82) is 0 Å². The van der Waals surface area contributed by atoms with Gasteiger partial charge in [-0.15, -0.1) is 0 Å². The van der Waals surface area contributed by atoms with Crippen molar-refractivity contribution in [3.05, 3.63) is 23.8 Å². The van der Waals surface area contributed by atoms with Gasteiger partial charge in [0.1, 0.15) is 5.75 Å². The first-order valence-electron chi connectivity index (χ1n) is 8.00. The monoisotopic (exact) mass is 319 g/mol. The first kappa shape index (κ1) is 17.3. The van der Waals surface area contributed by atoms with Crippen LogP contribution in [0.5, 0.6) is 5.75 Å². The lowest BCUT2D eigenvalue weighted by molar-refractivity contribution is -0.115. The molecule has 1 aromatic carbocycles. The molecule has 1 aliphatic rings. The van der Waals surface area contributed by atoms with Crippen LogP contribution < -0.4 is 15.4 Å². The highest BCUT2D eigenvalue weighted by Crippen LogP contribution is 2.28. The predicted molar refractivity (Wildman–Crippen MR) is 89.9 cm³/mol. The van der Waals surface area contributed by atoms with Gasteiger partial charge >= 0.3 is 0 Å². The number of amides is 2. The number of nitrogens with one attached hydrogen (secondary N) is 2. The summed E-state index contributed by atoms with van der Waals surface area (Å²) in [7, 11) is 3.40. The number of hydrogen-bond acceptors (Lipinski definition) is 4. The zero-order valence-electron chi connectivity index (χ0n) is 14.0. The fraction of sp³-hybridized carbons (Fsp3) is 0.529. The van der Waals surface area contributed by atoms with E-state index in [0.29, 0.717) is 23.6 Å². The molecule has 2 N–H and O–H groups in total. The minimum Gasteiger partial charge on any atom is -0.492 e. The van der Waals surface area contributed by atoms with Crippen molar-refractivity contribution in [2.75, 3.05) is 39.1 Å². The van der Waals surface area contributed by atoms with Crippen LogP contribution in [-0.4, -0.2) is 50.5 Å². The predicted octanol–water partition coefficient (Wildman–Crippen LogP) is 1.73. The standard InChI is InChI=1S/C17H25N3O3/c1-4-23-15-9-13(17(22)20(2)3)7-8-14(15)19-16(21)11-18-10-12-5-6-12/h7-9,12,18H,4-6,10-11H2,1-3H3,(H,19,21). The summed E-state index contributed by atoms with van der Waals surface area (Å²) in [5.74, 6) is 1.03. The first-order valence-corrected chi connectivity index (χ1v) is 8.00. The molecule has 6 nitrogen and oxygen atoms in total. The number of carbonyl (C=O) groups excluding carboxylic acids is 2. The molecule has 6 heteroatoms. The molecule has 0 spiro atoms. The lowest BCUT2D eigenvalue weighted by Crippen LogP contribution is -2.29. The van der Waals surface area contributed by atoms with Crippen molar-refractivity contribution in [2.24, 2.45) is 5.92 Å². The first-order chi connectivity index (χ1) is 11.0. The smallest absolute Gasteiger partial charge is 0.253 e. The van der Waals surface area contributed by atoms with Gasteiger partial charge in [0.2, 0.25) is 5.91 Å². The molecular weight excluding hydrogens is 294 g/mol. The number of carbonyl (C=O) groups is 2. The van der Waals surface area contributed by atoms with Crippen LogP contribution in [0.1, 0.15) is 30.1 Å². The summed E-state index contributed by atoms with van der Waals surface area (Å²) in [6, 6.07) is 5.07. The van der Waals surface area contributed by atoms with E-state index in [2.05, 4.69) is 10.6 Å². The zero-order valence-corrected chi connectivity index (χ0v) is 14.0. The summed E-state index contributed by atoms with van der Waals surface area (Å²) in [6.45, 7) is 3.49. The van der Waals surface area contributed by atoms with Crippen LogP contribution in [-0.2, 0) is 4.79 Å². The van der Waals surface area contributed by atoms with Gasteiger partial charge in [0, 0.05) is 19.7 Å². The highest BCUT2D eigenvalue weighted by atomic mass is 16.5. The fourth-order valence-corrected chi connectivity index (χ4v) is 2.20. The molecule has 0 unspecified atom stereocenters. The van der Waals surface area contributed by atoms with Gasteiger partial charge in [0.15, 0.2) is 0 Å². The second kappa shape index (κ2) is 7.97. The normalized spacial score (nSPS) is 13.5. The Kier molecular flexibility index (Phi) is 5.98. The Labute approximate surface area is 137 Å². The van der Waals surface area contributed by atoms with Gasteiger partial charge < -0.3 is 20.3 Å². The molecule has 1 saturated carbocycles. The maximum atomic E-state index is 12.0. The van der Waals surface area contributed by atoms with Crippen molar-refractivity contribution in [3.8, 4) is 5.75 Å². The maximum Gasteiger partial charge on any atom is 0.253 e. The summed E-state index contributed by atoms with van der Waals surface area (Å²) < 4.78 is 5.56. The third-order valence-electron chi connectivity index (χ3n) is 3.62. The molecule has 1 aromatic rings. The number of benzene rings is 1. The van der Waals surface area contributed by atoms with Gasteiger partial charge in [-0.3, -0.25) is 9.59 Å². The second-order valence-electron chi connectivity index (χ2n) is 5.97.